The molecule has 0 unspecified atom stereocenters. The third-order valence-electron chi connectivity index (χ3n) is 4.55. The number of halogens is 3. The number of aryl methyl sites for hydroxylation is 1. The molecule has 1 aliphatic rings. The molecule has 2 aromatic carbocycles. The highest BCUT2D eigenvalue weighted by Gasteiger charge is 2.20. The van der Waals surface area contributed by atoms with Gasteiger partial charge in [0.15, 0.2) is 0 Å². The molecule has 4 nitrogen and oxygen atoms in total. The van der Waals surface area contributed by atoms with Gasteiger partial charge in [0.25, 0.3) is 0 Å². The summed E-state index contributed by atoms with van der Waals surface area (Å²) in [6, 6.07) is 13.7. The molecule has 0 aliphatic carbocycles. The molecule has 0 fully saturated rings. The molecule has 0 radical (unpaired) electrons. The van der Waals surface area contributed by atoms with Crippen molar-refractivity contribution in [2.24, 2.45) is 4.99 Å². The molecular weight excluding hydrogens is 384 g/mol. The van der Waals surface area contributed by atoms with Crippen LogP contribution < -0.4 is 9.64 Å². The first-order valence-electron chi connectivity index (χ1n) is 8.85. The van der Waals surface area contributed by atoms with E-state index < -0.39 is 6.67 Å². The van der Waals surface area contributed by atoms with E-state index in [-0.39, 0.29) is 12.4 Å². The van der Waals surface area contributed by atoms with E-state index in [9.17, 15) is 8.78 Å². The normalized spacial score (nSPS) is 12.9. The van der Waals surface area contributed by atoms with Crippen LogP contribution in [0.4, 0.5) is 20.2 Å². The zero-order valence-electron chi connectivity index (χ0n) is 15.0. The van der Waals surface area contributed by atoms with E-state index >= 15 is 0 Å². The number of aliphatic imine (C=N–C) groups is 1. The Morgan fingerprint density at radius 1 is 1.14 bits per heavy atom. The molecular formula is C21H18ClF2N3O. The summed E-state index contributed by atoms with van der Waals surface area (Å²) in [5.41, 5.74) is 3.41. The van der Waals surface area contributed by atoms with Gasteiger partial charge in [-0.05, 0) is 42.0 Å². The molecule has 4 rings (SSSR count). The van der Waals surface area contributed by atoms with Crippen LogP contribution in [-0.4, -0.2) is 24.1 Å². The van der Waals surface area contributed by atoms with Crippen LogP contribution in [0.5, 0.6) is 5.75 Å². The summed E-state index contributed by atoms with van der Waals surface area (Å²) in [4.78, 5) is 6.38. The number of nitrogens with zero attached hydrogens (tertiary/aromatic N) is 3. The van der Waals surface area contributed by atoms with Crippen molar-refractivity contribution in [2.45, 2.75) is 13.2 Å². The second-order valence-electron chi connectivity index (χ2n) is 6.38. The molecule has 3 aromatic rings. The van der Waals surface area contributed by atoms with Gasteiger partial charge in [0.2, 0.25) is 0 Å². The van der Waals surface area contributed by atoms with Crippen molar-refractivity contribution < 1.29 is 13.5 Å². The maximum Gasteiger partial charge on any atom is 0.138 e. The molecule has 0 spiro atoms. The summed E-state index contributed by atoms with van der Waals surface area (Å²) < 4.78 is 33.6. The van der Waals surface area contributed by atoms with Gasteiger partial charge in [0.05, 0.1) is 22.9 Å². The molecule has 0 saturated carbocycles. The van der Waals surface area contributed by atoms with E-state index in [2.05, 4.69) is 4.99 Å². The number of benzene rings is 2. The van der Waals surface area contributed by atoms with Crippen LogP contribution in [0.1, 0.15) is 11.3 Å². The molecule has 0 saturated heterocycles. The minimum absolute atomic E-state index is 0.223. The molecule has 0 amide bonds. The summed E-state index contributed by atoms with van der Waals surface area (Å²) in [5.74, 6) is 0.217. The molecule has 144 valence electrons. The Balaban J connectivity index is 1.53. The minimum Gasteiger partial charge on any atom is -0.487 e. The first kappa shape index (κ1) is 18.5. The van der Waals surface area contributed by atoms with Gasteiger partial charge in [-0.15, -0.1) is 0 Å². The summed E-state index contributed by atoms with van der Waals surface area (Å²) >= 11 is 6.41. The minimum atomic E-state index is -0.432. The van der Waals surface area contributed by atoms with E-state index in [4.69, 9.17) is 16.3 Å². The van der Waals surface area contributed by atoms with Crippen molar-refractivity contribution in [3.63, 3.8) is 0 Å². The van der Waals surface area contributed by atoms with Crippen LogP contribution in [-0.2, 0) is 13.2 Å². The third-order valence-corrected chi connectivity index (χ3v) is 4.84. The lowest BCUT2D eigenvalue weighted by Gasteiger charge is -2.26. The zero-order valence-corrected chi connectivity index (χ0v) is 15.7. The SMILES string of the molecule is FCCn1ccc2c1C=NCN2c1ccc(OCc2cccc(F)c2)c(Cl)c1. The van der Waals surface area contributed by atoms with Crippen LogP contribution in [0.3, 0.4) is 0 Å². The van der Waals surface area contributed by atoms with E-state index in [0.717, 1.165) is 22.6 Å². The number of hydrogen-bond acceptors (Lipinski definition) is 3. The van der Waals surface area contributed by atoms with Gasteiger partial charge in [-0.1, -0.05) is 23.7 Å². The fourth-order valence-electron chi connectivity index (χ4n) is 3.20. The first-order valence-corrected chi connectivity index (χ1v) is 9.23. The Morgan fingerprint density at radius 3 is 2.82 bits per heavy atom. The molecule has 28 heavy (non-hydrogen) atoms. The second-order valence-corrected chi connectivity index (χ2v) is 6.79. The fourth-order valence-corrected chi connectivity index (χ4v) is 3.43. The van der Waals surface area contributed by atoms with Crippen molar-refractivity contribution in [2.75, 3.05) is 18.2 Å². The van der Waals surface area contributed by atoms with Crippen LogP contribution in [0.15, 0.2) is 59.7 Å². The van der Waals surface area contributed by atoms with Gasteiger partial charge in [0, 0.05) is 18.1 Å². The highest BCUT2D eigenvalue weighted by atomic mass is 35.5. The number of anilines is 2. The van der Waals surface area contributed by atoms with Gasteiger partial charge >= 0.3 is 0 Å². The summed E-state index contributed by atoms with van der Waals surface area (Å²) in [6.45, 7) is 0.536. The number of hydrogen-bond donors (Lipinski definition) is 0. The lowest BCUT2D eigenvalue weighted by atomic mass is 10.2. The predicted molar refractivity (Wildman–Crippen MR) is 107 cm³/mol. The van der Waals surface area contributed by atoms with Gasteiger partial charge in [-0.2, -0.15) is 0 Å². The molecule has 0 N–H and O–H groups in total. The second kappa shape index (κ2) is 8.02. The summed E-state index contributed by atoms with van der Waals surface area (Å²) in [6.07, 6.45) is 3.62. The molecule has 0 atom stereocenters. The fraction of sp³-hybridized carbons (Fsp3) is 0.190. The monoisotopic (exact) mass is 401 g/mol. The number of alkyl halides is 1. The quantitative estimate of drug-likeness (QED) is 0.556. The standard InChI is InChI=1S/C21H18ClF2N3O/c22-18-11-17(4-5-21(18)28-13-15-2-1-3-16(24)10-15)27-14-25-12-20-19(27)6-8-26(20)9-7-23/h1-6,8,10-12H,7,9,13-14H2. The number of aromatic nitrogens is 1. The predicted octanol–water partition coefficient (Wildman–Crippen LogP) is 5.36. The number of fused-ring (bicyclic) bond motifs is 1. The van der Waals surface area contributed by atoms with Crippen LogP contribution in [0.25, 0.3) is 0 Å². The smallest absolute Gasteiger partial charge is 0.138 e. The lowest BCUT2D eigenvalue weighted by molar-refractivity contribution is 0.306. The van der Waals surface area contributed by atoms with Crippen LogP contribution in [0, 0.1) is 5.82 Å². The molecule has 2 heterocycles. The summed E-state index contributed by atoms with van der Waals surface area (Å²) in [7, 11) is 0. The highest BCUT2D eigenvalue weighted by Crippen LogP contribution is 2.36. The molecule has 7 heteroatoms. The Kier molecular flexibility index (Phi) is 5.30. The third kappa shape index (κ3) is 3.73. The van der Waals surface area contributed by atoms with Gasteiger partial charge in [-0.25, -0.2) is 8.78 Å². The first-order chi connectivity index (χ1) is 13.7. The van der Waals surface area contributed by atoms with Crippen molar-refractivity contribution in [1.82, 2.24) is 4.57 Å². The maximum absolute atomic E-state index is 13.3. The van der Waals surface area contributed by atoms with Crippen LogP contribution in [0.2, 0.25) is 5.02 Å². The van der Waals surface area contributed by atoms with Gasteiger partial charge < -0.3 is 14.2 Å². The Labute approximate surface area is 166 Å². The van der Waals surface area contributed by atoms with Crippen molar-refractivity contribution in [3.05, 3.63) is 76.8 Å². The van der Waals surface area contributed by atoms with Crippen molar-refractivity contribution >= 4 is 29.2 Å². The number of ether oxygens (including phenoxy) is 1. The van der Waals surface area contributed by atoms with E-state index in [1.807, 2.05) is 27.8 Å². The Bertz CT molecular complexity index is 1020. The number of rotatable bonds is 6. The Hall–Kier alpha value is -2.86. The summed E-state index contributed by atoms with van der Waals surface area (Å²) in [5, 5.41) is 0.452. The largest absolute Gasteiger partial charge is 0.487 e. The molecule has 0 bridgehead atoms. The van der Waals surface area contributed by atoms with Crippen molar-refractivity contribution in [3.8, 4) is 5.75 Å². The maximum atomic E-state index is 13.3. The van der Waals surface area contributed by atoms with Gasteiger partial charge in [-0.3, -0.25) is 4.99 Å². The van der Waals surface area contributed by atoms with E-state index in [1.54, 1.807) is 30.5 Å². The van der Waals surface area contributed by atoms with Gasteiger partial charge in [0.1, 0.15) is 31.5 Å². The van der Waals surface area contributed by atoms with E-state index in [0.29, 0.717) is 24.0 Å². The molecule has 1 aliphatic heterocycles. The van der Waals surface area contributed by atoms with E-state index in [1.165, 1.54) is 12.1 Å². The lowest BCUT2D eigenvalue weighted by Crippen LogP contribution is -2.22. The topological polar surface area (TPSA) is 29.8 Å². The molecule has 1 aromatic heterocycles. The average Bonchev–Trinajstić information content (AvgIpc) is 3.10. The van der Waals surface area contributed by atoms with Crippen LogP contribution >= 0.6 is 11.6 Å². The Morgan fingerprint density at radius 2 is 2.04 bits per heavy atom. The average molecular weight is 402 g/mol. The van der Waals surface area contributed by atoms with Crippen molar-refractivity contribution in [1.29, 1.82) is 0 Å². The zero-order chi connectivity index (χ0) is 19.5. The highest BCUT2D eigenvalue weighted by molar-refractivity contribution is 6.32.